The molecule has 0 saturated heterocycles. The van der Waals surface area contributed by atoms with Crippen LogP contribution < -0.4 is 4.74 Å². The monoisotopic (exact) mass is 1650 g/mol. The number of alkyl halides is 2. The standard InChI is InChI=1S/C30H41F.C25H27F.C24H33F5O.C17H28.C16H26/c1-3-5-22-7-11-24(12-8-22)25-15-17-26(18-16-25)28-19-20-29(30(31)21-28)27-13-9-23(6-4-2)10-14-27;1-3-5-6-7-20-10-14-22(15-11-20)24-17-16-23(18-25(24)26)21-12-8-19(4-2)9-13-21;1-2-3-4-5-16-6-8-17(9-7-16)18-10-12-19(13-11-18)24(28,29)30-20-14-21(25)23(27)22(26)15-20;1-3-5-15-8-12-17(13-9-15)16-10-6-14(4-2)7-11-16;1-3-13-5-9-15(10-6-13)16-11-7-14(4-2)8-12-16/h15-24,27H,3-14H2,1-2H3;8-18H,3-7H2,1-2H3;14-19H,2-13H2,1H3;3-5,14-17H,2,6-13H2,1H3;3-4,13-16H,1-2,5-12H2/b;;;5-3+;. The highest BCUT2D eigenvalue weighted by Gasteiger charge is 2.46. The molecule has 658 valence electrons. The van der Waals surface area contributed by atoms with Crippen LogP contribution in [0.5, 0.6) is 5.75 Å². The quantitative estimate of drug-likeness (QED) is 0.0206. The molecule has 0 bridgehead atoms. The lowest BCUT2D eigenvalue weighted by Gasteiger charge is -2.39. The van der Waals surface area contributed by atoms with Crippen LogP contribution in [0.2, 0.25) is 0 Å². The molecule has 8 fully saturated rings. The Balaban J connectivity index is 0.000000161. The summed E-state index contributed by atoms with van der Waals surface area (Å²) in [6, 6.07) is 38.1. The van der Waals surface area contributed by atoms with Crippen molar-refractivity contribution in [2.75, 3.05) is 0 Å². The maximum absolute atomic E-state index is 15.0. The average molecular weight is 1650 g/mol. The van der Waals surface area contributed by atoms with Crippen molar-refractivity contribution < 1.29 is 35.5 Å². The van der Waals surface area contributed by atoms with E-state index in [-0.39, 0.29) is 11.6 Å². The number of hydrogen-bond donors (Lipinski definition) is 0. The van der Waals surface area contributed by atoms with Crippen molar-refractivity contribution in [3.63, 3.8) is 0 Å². The molecule has 8 aliphatic rings. The van der Waals surface area contributed by atoms with E-state index in [1.807, 2.05) is 24.3 Å². The Bertz CT molecular complexity index is 3870. The molecule has 6 aromatic carbocycles. The van der Waals surface area contributed by atoms with Crippen molar-refractivity contribution in [2.45, 2.75) is 348 Å². The first kappa shape index (κ1) is 95.8. The molecule has 120 heavy (non-hydrogen) atoms. The first-order chi connectivity index (χ1) is 58.3. The molecule has 0 heterocycles. The van der Waals surface area contributed by atoms with Gasteiger partial charge in [0.05, 0.1) is 5.92 Å². The molecule has 8 saturated carbocycles. The van der Waals surface area contributed by atoms with Gasteiger partial charge >= 0.3 is 6.11 Å². The smallest absolute Gasteiger partial charge is 0.400 e. The number of benzene rings is 6. The van der Waals surface area contributed by atoms with Gasteiger partial charge in [0.1, 0.15) is 17.4 Å². The van der Waals surface area contributed by atoms with Gasteiger partial charge in [-0.1, -0.05) is 239 Å². The summed E-state index contributed by atoms with van der Waals surface area (Å²) in [6.07, 6.45) is 64.3. The van der Waals surface area contributed by atoms with Crippen molar-refractivity contribution in [3.8, 4) is 39.1 Å². The summed E-state index contributed by atoms with van der Waals surface area (Å²) >= 11 is 0. The van der Waals surface area contributed by atoms with Gasteiger partial charge in [-0.05, 0) is 370 Å². The van der Waals surface area contributed by atoms with E-state index < -0.39 is 35.2 Å². The summed E-state index contributed by atoms with van der Waals surface area (Å²) in [7, 11) is 0. The summed E-state index contributed by atoms with van der Waals surface area (Å²) < 4.78 is 103. The number of halogens is 7. The van der Waals surface area contributed by atoms with Gasteiger partial charge in [0.2, 0.25) is 0 Å². The highest BCUT2D eigenvalue weighted by Crippen LogP contribution is 2.49. The molecule has 0 radical (unpaired) electrons. The van der Waals surface area contributed by atoms with Crippen molar-refractivity contribution >= 4 is 0 Å². The highest BCUT2D eigenvalue weighted by molar-refractivity contribution is 5.71. The zero-order valence-corrected chi connectivity index (χ0v) is 75.2. The lowest BCUT2D eigenvalue weighted by Crippen LogP contribution is -2.38. The van der Waals surface area contributed by atoms with E-state index in [9.17, 15) is 26.3 Å². The van der Waals surface area contributed by atoms with Gasteiger partial charge in [-0.3, -0.25) is 0 Å². The molecule has 6 aromatic rings. The van der Waals surface area contributed by atoms with Crippen LogP contribution in [0, 0.1) is 112 Å². The van der Waals surface area contributed by atoms with E-state index in [2.05, 4.69) is 169 Å². The Kier molecular flexibility index (Phi) is 40.3. The molecule has 0 unspecified atom stereocenters. The van der Waals surface area contributed by atoms with Crippen LogP contribution in [0.1, 0.15) is 352 Å². The van der Waals surface area contributed by atoms with E-state index in [4.69, 9.17) is 0 Å². The Labute approximate surface area is 724 Å². The SMILES string of the molecule is C=CC1CCC(C2CCC(/C=C/C)CC2)CC1.C=CC1CCC(C2CCC(C=C)CC2)CC1.CCCC1CCC(c2ccc(-c3ccc(C4CCC(CCC)CC4)c(F)c3)cc2)CC1.CCCCCC1CCC(C2CCC(C(F)(F)Oc3cc(F)c(F)c(F)c3)CC2)CC1.CCCCCc1ccc(-c2ccc(-c3ccc(CC)cc3)cc2F)cc1. The van der Waals surface area contributed by atoms with Gasteiger partial charge in [-0.25, -0.2) is 22.0 Å². The van der Waals surface area contributed by atoms with Crippen molar-refractivity contribution in [1.82, 2.24) is 0 Å². The van der Waals surface area contributed by atoms with E-state index in [0.717, 1.165) is 137 Å². The molecule has 0 amide bonds. The molecular weight excluding hydrogens is 1490 g/mol. The number of aryl methyl sites for hydroxylation is 2. The minimum atomic E-state index is -3.53. The molecule has 8 aliphatic carbocycles. The fourth-order valence-electron chi connectivity index (χ4n) is 22.7. The molecule has 0 N–H and O–H groups in total. The number of ether oxygens (including phenoxy) is 1. The second-order valence-electron chi connectivity index (χ2n) is 38.5. The molecule has 0 aromatic heterocycles. The van der Waals surface area contributed by atoms with Crippen LogP contribution in [0.25, 0.3) is 33.4 Å². The number of rotatable bonds is 28. The second kappa shape index (κ2) is 50.5. The van der Waals surface area contributed by atoms with Crippen LogP contribution in [0.15, 0.2) is 171 Å². The fourth-order valence-corrected chi connectivity index (χ4v) is 22.7. The van der Waals surface area contributed by atoms with Gasteiger partial charge in [0, 0.05) is 17.7 Å². The van der Waals surface area contributed by atoms with Crippen molar-refractivity contribution in [1.29, 1.82) is 0 Å². The van der Waals surface area contributed by atoms with Gasteiger partial charge in [0.15, 0.2) is 17.5 Å². The van der Waals surface area contributed by atoms with Crippen molar-refractivity contribution in [3.05, 3.63) is 223 Å². The molecule has 14 rings (SSSR count). The van der Waals surface area contributed by atoms with Gasteiger partial charge in [-0.15, -0.1) is 19.7 Å². The number of hydrogen-bond acceptors (Lipinski definition) is 1. The van der Waals surface area contributed by atoms with E-state index in [1.54, 1.807) is 12.1 Å². The molecule has 1 nitrogen and oxygen atoms in total. The summed E-state index contributed by atoms with van der Waals surface area (Å²) in [4.78, 5) is 0. The third-order valence-electron chi connectivity index (χ3n) is 30.5. The zero-order valence-electron chi connectivity index (χ0n) is 75.2. The molecular formula is C112H155F7O. The molecule has 0 spiro atoms. The van der Waals surface area contributed by atoms with Gasteiger partial charge in [-0.2, -0.15) is 8.78 Å². The van der Waals surface area contributed by atoms with E-state index in [0.29, 0.717) is 54.2 Å². The maximum atomic E-state index is 15.0. The largest absolute Gasteiger partial charge is 0.432 e. The molecule has 0 aliphatic heterocycles. The minimum absolute atomic E-state index is 0.00485. The van der Waals surface area contributed by atoms with Crippen LogP contribution >= 0.6 is 0 Å². The van der Waals surface area contributed by atoms with Gasteiger partial charge < -0.3 is 4.74 Å². The summed E-state index contributed by atoms with van der Waals surface area (Å²) in [5.41, 5.74) is 10.8. The molecule has 8 heteroatoms. The summed E-state index contributed by atoms with van der Waals surface area (Å²) in [5, 5.41) is 0. The lowest BCUT2D eigenvalue weighted by atomic mass is 9.68. The van der Waals surface area contributed by atoms with Crippen LogP contribution in [0.4, 0.5) is 30.7 Å². The average Bonchev–Trinajstić information content (AvgIpc) is 0.808. The fraction of sp³-hybridized carbons (Fsp3) is 0.607. The van der Waals surface area contributed by atoms with Gasteiger partial charge in [0.25, 0.3) is 0 Å². The first-order valence-electron chi connectivity index (χ1n) is 48.9. The zero-order chi connectivity index (χ0) is 85.2. The van der Waals surface area contributed by atoms with Crippen molar-refractivity contribution in [2.24, 2.45) is 82.9 Å². The van der Waals surface area contributed by atoms with E-state index >= 15 is 4.39 Å². The second-order valence-corrected chi connectivity index (χ2v) is 38.5. The van der Waals surface area contributed by atoms with Crippen LogP contribution in [0.3, 0.4) is 0 Å². The third-order valence-corrected chi connectivity index (χ3v) is 30.5. The normalized spacial score (nSPS) is 27.1. The first-order valence-corrected chi connectivity index (χ1v) is 48.9. The lowest BCUT2D eigenvalue weighted by molar-refractivity contribution is -0.224. The summed E-state index contributed by atoms with van der Waals surface area (Å²) in [6.45, 7) is 25.1. The minimum Gasteiger partial charge on any atom is -0.432 e. The Morgan fingerprint density at radius 1 is 0.350 bits per heavy atom. The van der Waals surface area contributed by atoms with Crippen LogP contribution in [-0.4, -0.2) is 6.11 Å². The maximum Gasteiger partial charge on any atom is 0.400 e. The summed E-state index contributed by atoms with van der Waals surface area (Å²) in [5.74, 6) is 5.78. The Morgan fingerprint density at radius 3 is 1.17 bits per heavy atom. The Morgan fingerprint density at radius 2 is 0.733 bits per heavy atom. The highest BCUT2D eigenvalue weighted by atomic mass is 19.3. The number of allylic oxidation sites excluding steroid dienone is 5. The van der Waals surface area contributed by atoms with E-state index in [1.165, 1.54) is 254 Å². The topological polar surface area (TPSA) is 9.23 Å². The predicted octanol–water partition coefficient (Wildman–Crippen LogP) is 35.7. The third kappa shape index (κ3) is 29.4. The predicted molar refractivity (Wildman–Crippen MR) is 495 cm³/mol. The van der Waals surface area contributed by atoms with Crippen LogP contribution in [-0.2, 0) is 12.8 Å². The Hall–Kier alpha value is -6.41. The number of unbranched alkanes of at least 4 members (excludes halogenated alkanes) is 4. The molecule has 0 atom stereocenters.